The van der Waals surface area contributed by atoms with Crippen molar-refractivity contribution in [1.82, 2.24) is 10.3 Å². The van der Waals surface area contributed by atoms with Crippen molar-refractivity contribution in [1.29, 1.82) is 0 Å². The van der Waals surface area contributed by atoms with Crippen LogP contribution in [0.2, 0.25) is 0 Å². The normalized spacial score (nSPS) is 14.2. The molecule has 2 aromatic rings. The second kappa shape index (κ2) is 4.78. The molecule has 2 N–H and O–H groups in total. The highest BCUT2D eigenvalue weighted by molar-refractivity contribution is 7.13. The smallest absolute Gasteiger partial charge is 0.319 e. The first kappa shape index (κ1) is 11.2. The third-order valence-corrected chi connectivity index (χ3v) is 3.56. The van der Waals surface area contributed by atoms with E-state index in [1.807, 2.05) is 29.6 Å². The number of nitrogens with zero attached hydrogens (tertiary/aromatic N) is 1. The zero-order chi connectivity index (χ0) is 12.4. The number of carbonyl (C=O) groups is 1. The van der Waals surface area contributed by atoms with Crippen LogP contribution in [0.1, 0.15) is 12.8 Å². The fourth-order valence-corrected chi connectivity index (χ4v) is 2.29. The number of rotatable bonds is 3. The van der Waals surface area contributed by atoms with Gasteiger partial charge in [0.05, 0.1) is 0 Å². The second-order valence-corrected chi connectivity index (χ2v) is 5.18. The third-order valence-electron chi connectivity index (χ3n) is 2.73. The summed E-state index contributed by atoms with van der Waals surface area (Å²) in [6.45, 7) is 0. The van der Waals surface area contributed by atoms with Crippen LogP contribution in [0.4, 0.5) is 10.5 Å². The van der Waals surface area contributed by atoms with E-state index in [2.05, 4.69) is 15.6 Å². The molecule has 2 amide bonds. The minimum atomic E-state index is -0.125. The summed E-state index contributed by atoms with van der Waals surface area (Å²) in [5, 5.41) is 8.64. The highest BCUT2D eigenvalue weighted by atomic mass is 32.1. The van der Waals surface area contributed by atoms with Gasteiger partial charge in [0.25, 0.3) is 0 Å². The van der Waals surface area contributed by atoms with Gasteiger partial charge in [0, 0.05) is 28.9 Å². The average Bonchev–Trinajstić information content (AvgIpc) is 3.01. The molecule has 1 heterocycles. The van der Waals surface area contributed by atoms with E-state index >= 15 is 0 Å². The summed E-state index contributed by atoms with van der Waals surface area (Å²) in [5.41, 5.74) is 1.87. The molecule has 0 bridgehead atoms. The maximum absolute atomic E-state index is 11.5. The highest BCUT2D eigenvalue weighted by Crippen LogP contribution is 2.23. The van der Waals surface area contributed by atoms with E-state index in [1.165, 1.54) is 0 Å². The zero-order valence-electron chi connectivity index (χ0n) is 9.72. The lowest BCUT2D eigenvalue weighted by molar-refractivity contribution is 0.251. The molecule has 0 radical (unpaired) electrons. The average molecular weight is 259 g/mol. The molecule has 0 atom stereocenters. The lowest BCUT2D eigenvalue weighted by atomic mass is 10.2. The molecule has 4 nitrogen and oxygen atoms in total. The summed E-state index contributed by atoms with van der Waals surface area (Å²) >= 11 is 1.60. The Bertz CT molecular complexity index is 532. The van der Waals surface area contributed by atoms with Crippen LogP contribution < -0.4 is 10.6 Å². The topological polar surface area (TPSA) is 54.0 Å². The molecule has 18 heavy (non-hydrogen) atoms. The SMILES string of the molecule is O=C(Nc1ccc(-c2nccs2)cc1)NC1CC1. The fourth-order valence-electron chi connectivity index (χ4n) is 1.64. The molecule has 92 valence electrons. The number of carbonyl (C=O) groups excluding carboxylic acids is 1. The first-order chi connectivity index (χ1) is 8.81. The van der Waals surface area contributed by atoms with Crippen molar-refractivity contribution in [2.24, 2.45) is 0 Å². The minimum absolute atomic E-state index is 0.125. The standard InChI is InChI=1S/C13H13N3OS/c17-13(16-11-5-6-11)15-10-3-1-9(2-4-10)12-14-7-8-18-12/h1-4,7-8,11H,5-6H2,(H2,15,16,17). The van der Waals surface area contributed by atoms with Gasteiger partial charge < -0.3 is 10.6 Å². The van der Waals surface area contributed by atoms with E-state index in [4.69, 9.17) is 0 Å². The van der Waals surface area contributed by atoms with Gasteiger partial charge in [-0.2, -0.15) is 0 Å². The molecule has 1 aliphatic rings. The summed E-state index contributed by atoms with van der Waals surface area (Å²) in [4.78, 5) is 15.8. The van der Waals surface area contributed by atoms with Crippen LogP contribution in [0.25, 0.3) is 10.6 Å². The molecule has 1 saturated carbocycles. The van der Waals surface area contributed by atoms with Crippen LogP contribution in [-0.2, 0) is 0 Å². The van der Waals surface area contributed by atoms with Gasteiger partial charge in [-0.15, -0.1) is 11.3 Å². The third kappa shape index (κ3) is 2.68. The number of thiazole rings is 1. The number of benzene rings is 1. The molecule has 0 unspecified atom stereocenters. The number of nitrogens with one attached hydrogen (secondary N) is 2. The summed E-state index contributed by atoms with van der Waals surface area (Å²) < 4.78 is 0. The van der Waals surface area contributed by atoms with Crippen molar-refractivity contribution >= 4 is 23.1 Å². The molecule has 0 spiro atoms. The fraction of sp³-hybridized carbons (Fsp3) is 0.231. The van der Waals surface area contributed by atoms with Gasteiger partial charge in [-0.1, -0.05) is 0 Å². The predicted molar refractivity (Wildman–Crippen MR) is 72.7 cm³/mol. The summed E-state index contributed by atoms with van der Waals surface area (Å²) in [6.07, 6.45) is 3.97. The lowest BCUT2D eigenvalue weighted by Gasteiger charge is -2.06. The van der Waals surface area contributed by atoms with Gasteiger partial charge in [-0.05, 0) is 37.1 Å². The Morgan fingerprint density at radius 2 is 2.06 bits per heavy atom. The Morgan fingerprint density at radius 3 is 2.67 bits per heavy atom. The summed E-state index contributed by atoms with van der Waals surface area (Å²) in [7, 11) is 0. The predicted octanol–water partition coefficient (Wildman–Crippen LogP) is 3.09. The largest absolute Gasteiger partial charge is 0.335 e. The number of aromatic nitrogens is 1. The van der Waals surface area contributed by atoms with Crippen LogP contribution in [0.15, 0.2) is 35.8 Å². The van der Waals surface area contributed by atoms with E-state index in [9.17, 15) is 4.79 Å². The molecule has 1 fully saturated rings. The molecule has 3 rings (SSSR count). The van der Waals surface area contributed by atoms with Crippen LogP contribution in [-0.4, -0.2) is 17.1 Å². The Balaban J connectivity index is 1.65. The van der Waals surface area contributed by atoms with Crippen molar-refractivity contribution in [2.45, 2.75) is 18.9 Å². The van der Waals surface area contributed by atoms with Gasteiger partial charge >= 0.3 is 6.03 Å². The lowest BCUT2D eigenvalue weighted by Crippen LogP contribution is -2.30. The molecular weight excluding hydrogens is 246 g/mol. The first-order valence-electron chi connectivity index (χ1n) is 5.89. The quantitative estimate of drug-likeness (QED) is 0.890. The van der Waals surface area contributed by atoms with E-state index in [0.29, 0.717) is 6.04 Å². The van der Waals surface area contributed by atoms with Crippen LogP contribution >= 0.6 is 11.3 Å². The summed E-state index contributed by atoms with van der Waals surface area (Å²) in [6, 6.07) is 7.96. The number of amides is 2. The maximum Gasteiger partial charge on any atom is 0.319 e. The van der Waals surface area contributed by atoms with E-state index in [1.54, 1.807) is 17.5 Å². The van der Waals surface area contributed by atoms with Crippen molar-refractivity contribution < 1.29 is 4.79 Å². The second-order valence-electron chi connectivity index (χ2n) is 4.29. The van der Waals surface area contributed by atoms with Gasteiger partial charge in [0.2, 0.25) is 0 Å². The Kier molecular flexibility index (Phi) is 2.98. The first-order valence-corrected chi connectivity index (χ1v) is 6.77. The Labute approximate surface area is 109 Å². The monoisotopic (exact) mass is 259 g/mol. The van der Waals surface area contributed by atoms with Crippen LogP contribution in [0.5, 0.6) is 0 Å². The Hall–Kier alpha value is -1.88. The molecule has 1 aromatic carbocycles. The molecule has 1 aliphatic carbocycles. The molecular formula is C13H13N3OS. The highest BCUT2D eigenvalue weighted by Gasteiger charge is 2.23. The van der Waals surface area contributed by atoms with Crippen molar-refractivity contribution in [3.63, 3.8) is 0 Å². The number of hydrogen-bond donors (Lipinski definition) is 2. The molecule has 0 saturated heterocycles. The number of urea groups is 1. The van der Waals surface area contributed by atoms with E-state index in [0.717, 1.165) is 29.1 Å². The number of hydrogen-bond acceptors (Lipinski definition) is 3. The van der Waals surface area contributed by atoms with Gasteiger partial charge in [0.1, 0.15) is 5.01 Å². The van der Waals surface area contributed by atoms with Gasteiger partial charge in [-0.3, -0.25) is 0 Å². The molecule has 0 aliphatic heterocycles. The van der Waals surface area contributed by atoms with Crippen molar-refractivity contribution in [3.05, 3.63) is 35.8 Å². The van der Waals surface area contributed by atoms with Gasteiger partial charge in [-0.25, -0.2) is 9.78 Å². The van der Waals surface area contributed by atoms with Crippen LogP contribution in [0, 0.1) is 0 Å². The molecule has 1 aromatic heterocycles. The van der Waals surface area contributed by atoms with Crippen molar-refractivity contribution in [2.75, 3.05) is 5.32 Å². The zero-order valence-corrected chi connectivity index (χ0v) is 10.5. The Morgan fingerprint density at radius 1 is 1.28 bits per heavy atom. The summed E-state index contributed by atoms with van der Waals surface area (Å²) in [5.74, 6) is 0. The number of anilines is 1. The van der Waals surface area contributed by atoms with Gasteiger partial charge in [0.15, 0.2) is 0 Å². The molecule has 5 heteroatoms. The maximum atomic E-state index is 11.5. The van der Waals surface area contributed by atoms with E-state index < -0.39 is 0 Å². The van der Waals surface area contributed by atoms with Crippen molar-refractivity contribution in [3.8, 4) is 10.6 Å². The minimum Gasteiger partial charge on any atom is -0.335 e. The van der Waals surface area contributed by atoms with Crippen LogP contribution in [0.3, 0.4) is 0 Å². The van der Waals surface area contributed by atoms with E-state index in [-0.39, 0.29) is 6.03 Å².